The van der Waals surface area contributed by atoms with Gasteiger partial charge in [-0.2, -0.15) is 0 Å². The Kier molecular flexibility index (Phi) is 20.4. The van der Waals surface area contributed by atoms with Gasteiger partial charge in [-0.25, -0.2) is 4.79 Å². The molecular formula is C49H79N3O8. The number of aliphatic hydroxyl groups excluding tert-OH is 2. The Morgan fingerprint density at radius 3 is 2.27 bits per heavy atom. The summed E-state index contributed by atoms with van der Waals surface area (Å²) >= 11 is 0. The van der Waals surface area contributed by atoms with Gasteiger partial charge in [0, 0.05) is 50.6 Å². The molecule has 0 aromatic heterocycles. The quantitative estimate of drug-likeness (QED) is 0.0452. The van der Waals surface area contributed by atoms with E-state index in [-0.39, 0.29) is 43.5 Å². The van der Waals surface area contributed by atoms with Gasteiger partial charge in [0.15, 0.2) is 0 Å². The first-order valence-electron chi connectivity index (χ1n) is 23.5. The zero-order valence-corrected chi connectivity index (χ0v) is 38.0. The molecule has 4 rings (SSSR count). The minimum atomic E-state index is -1.31. The van der Waals surface area contributed by atoms with Gasteiger partial charge in [-0.3, -0.25) is 4.79 Å². The molecule has 0 spiro atoms. The van der Waals surface area contributed by atoms with Crippen molar-refractivity contribution in [2.75, 3.05) is 32.9 Å². The molecule has 0 saturated heterocycles. The van der Waals surface area contributed by atoms with Gasteiger partial charge in [-0.05, 0) is 102 Å². The smallest absolute Gasteiger partial charge is 0.412 e. The van der Waals surface area contributed by atoms with E-state index in [4.69, 9.17) is 24.2 Å². The number of rotatable bonds is 27. The van der Waals surface area contributed by atoms with Crippen molar-refractivity contribution < 1.29 is 38.9 Å². The Morgan fingerprint density at radius 2 is 1.63 bits per heavy atom. The number of benzene rings is 1. The van der Waals surface area contributed by atoms with Crippen LogP contribution in [0.3, 0.4) is 0 Å². The highest BCUT2D eigenvalue weighted by Gasteiger charge is 2.65. The topological polar surface area (TPSA) is 139 Å². The summed E-state index contributed by atoms with van der Waals surface area (Å²) in [5, 5.41) is 27.5. The number of hydrogen-bond acceptors (Lipinski definition) is 9. The third kappa shape index (κ3) is 13.3. The third-order valence-corrected chi connectivity index (χ3v) is 12.3. The average molecular weight is 838 g/mol. The first-order chi connectivity index (χ1) is 29.0. The lowest BCUT2D eigenvalue weighted by molar-refractivity contribution is -0.257. The highest BCUT2D eigenvalue weighted by Crippen LogP contribution is 2.62. The molecule has 1 aromatic carbocycles. The summed E-state index contributed by atoms with van der Waals surface area (Å²) in [6.07, 6.45) is 20.4. The molecule has 2 aliphatic carbocycles. The highest BCUT2D eigenvalue weighted by molar-refractivity contribution is 6.03. The Bertz CT molecular complexity index is 1550. The number of ether oxygens (including phenoxy) is 3. The van der Waals surface area contributed by atoms with Crippen molar-refractivity contribution in [1.29, 1.82) is 0 Å². The first-order valence-corrected chi connectivity index (χ1v) is 23.5. The number of unbranched alkanes of at least 4 members (excludes halogenated alkanes) is 10. The standard InChI is InChI=1S/C49H79N3O8/c1-8-12-13-14-15-16-17-18-19-26-44(55)52(29-9-2)43-35-41(51-60-48(5,6)7)39-33-36(24-20-22-30-53)38(25-21-23-31-54)45-40-34-37(58-47(56)50-11-4)27-28-42(40)59-49(43,46(39)45)57-32-10-3/h10,27-28,33-34,36,38,43,45-46,53-54H,3,8-9,11-26,29-32,35H2,1-2,4-7H3,(H,50,56)/t36-,38+,43-,45+,46+,49+/m0/s1. The largest absolute Gasteiger partial charge is 0.459 e. The van der Waals surface area contributed by atoms with E-state index in [1.807, 2.05) is 44.7 Å². The molecule has 1 aromatic rings. The lowest BCUT2D eigenvalue weighted by Gasteiger charge is -2.60. The maximum atomic E-state index is 14.7. The lowest BCUT2D eigenvalue weighted by Crippen LogP contribution is -2.70. The van der Waals surface area contributed by atoms with Crippen LogP contribution in [0.4, 0.5) is 4.79 Å². The maximum Gasteiger partial charge on any atom is 0.412 e. The molecule has 2 amide bonds. The van der Waals surface area contributed by atoms with Crippen LogP contribution in [0.15, 0.2) is 47.7 Å². The second-order valence-corrected chi connectivity index (χ2v) is 18.1. The molecule has 1 heterocycles. The molecule has 3 N–H and O–H groups in total. The van der Waals surface area contributed by atoms with Crippen LogP contribution >= 0.6 is 0 Å². The van der Waals surface area contributed by atoms with Crippen molar-refractivity contribution >= 4 is 17.7 Å². The van der Waals surface area contributed by atoms with Crippen molar-refractivity contribution in [1.82, 2.24) is 10.2 Å². The number of fused-ring (bicyclic) bond motifs is 2. The number of aliphatic hydroxyl groups is 2. The summed E-state index contributed by atoms with van der Waals surface area (Å²) in [7, 11) is 0. The van der Waals surface area contributed by atoms with Crippen molar-refractivity contribution in [3.8, 4) is 11.5 Å². The van der Waals surface area contributed by atoms with Crippen LogP contribution in [0.5, 0.6) is 11.5 Å². The number of carbonyl (C=O) groups is 2. The van der Waals surface area contributed by atoms with Crippen molar-refractivity contribution in [2.45, 2.75) is 180 Å². The van der Waals surface area contributed by atoms with Gasteiger partial charge >= 0.3 is 6.09 Å². The molecule has 60 heavy (non-hydrogen) atoms. The van der Waals surface area contributed by atoms with Crippen LogP contribution in [0.1, 0.15) is 169 Å². The van der Waals surface area contributed by atoms with Crippen molar-refractivity contribution in [3.63, 3.8) is 0 Å². The van der Waals surface area contributed by atoms with E-state index in [1.165, 1.54) is 38.5 Å². The summed E-state index contributed by atoms with van der Waals surface area (Å²) in [6, 6.07) is 5.03. The number of carbonyl (C=O) groups excluding carboxylic acids is 2. The van der Waals surface area contributed by atoms with E-state index in [2.05, 4.69) is 31.8 Å². The molecule has 1 fully saturated rings. The van der Waals surface area contributed by atoms with Crippen LogP contribution in [0.2, 0.25) is 0 Å². The number of oxime groups is 1. The number of allylic oxidation sites excluding steroid dienone is 1. The molecule has 11 nitrogen and oxygen atoms in total. The van der Waals surface area contributed by atoms with Crippen LogP contribution in [-0.4, -0.2) is 83.2 Å². The van der Waals surface area contributed by atoms with Gasteiger partial charge in [0.05, 0.1) is 18.2 Å². The van der Waals surface area contributed by atoms with Gasteiger partial charge in [-0.15, -0.1) is 6.58 Å². The van der Waals surface area contributed by atoms with E-state index < -0.39 is 29.4 Å². The van der Waals surface area contributed by atoms with E-state index >= 15 is 0 Å². The van der Waals surface area contributed by atoms with Gasteiger partial charge in [0.25, 0.3) is 0 Å². The predicted octanol–water partition coefficient (Wildman–Crippen LogP) is 10.4. The summed E-state index contributed by atoms with van der Waals surface area (Å²) in [5.41, 5.74) is 2.11. The molecule has 0 radical (unpaired) electrons. The van der Waals surface area contributed by atoms with Gasteiger partial charge in [-0.1, -0.05) is 95.4 Å². The van der Waals surface area contributed by atoms with E-state index in [0.717, 1.165) is 68.2 Å². The van der Waals surface area contributed by atoms with E-state index in [9.17, 15) is 19.8 Å². The van der Waals surface area contributed by atoms with Crippen LogP contribution < -0.4 is 14.8 Å². The molecule has 6 atom stereocenters. The van der Waals surface area contributed by atoms with Crippen molar-refractivity contribution in [2.24, 2.45) is 22.9 Å². The van der Waals surface area contributed by atoms with Gasteiger partial charge in [0.2, 0.25) is 11.7 Å². The fourth-order valence-corrected chi connectivity index (χ4v) is 9.62. The normalized spacial score (nSPS) is 23.8. The zero-order valence-electron chi connectivity index (χ0n) is 38.0. The van der Waals surface area contributed by atoms with E-state index in [0.29, 0.717) is 50.3 Å². The summed E-state index contributed by atoms with van der Waals surface area (Å²) < 4.78 is 20.2. The Hall–Kier alpha value is -3.41. The SMILES string of the molecule is C=CCO[C@@]12Oc3ccc(OC(=O)NCC)cc3[C@H]3[C@H](CCCCO)[C@@H](CCCCO)C=C(C(=NOC(C)(C)C)C[C@@H]1N(CCC)C(=O)CCCCCCCCCCC)[C@H]32. The summed E-state index contributed by atoms with van der Waals surface area (Å²) in [5.74, 6) is -0.640. The summed E-state index contributed by atoms with van der Waals surface area (Å²) in [4.78, 5) is 35.7. The van der Waals surface area contributed by atoms with Crippen LogP contribution in [0, 0.1) is 17.8 Å². The minimum absolute atomic E-state index is 0.0684. The molecule has 11 heteroatoms. The lowest BCUT2D eigenvalue weighted by atomic mass is 9.55. The average Bonchev–Trinajstić information content (AvgIpc) is 3.21. The molecule has 1 saturated carbocycles. The number of hydrogen-bond donors (Lipinski definition) is 3. The first kappa shape index (κ1) is 49.2. The number of nitrogens with zero attached hydrogens (tertiary/aromatic N) is 2. The fourth-order valence-electron chi connectivity index (χ4n) is 9.62. The Morgan fingerprint density at radius 1 is 0.950 bits per heavy atom. The second-order valence-electron chi connectivity index (χ2n) is 18.1. The molecule has 0 bridgehead atoms. The minimum Gasteiger partial charge on any atom is -0.459 e. The molecule has 3 aliphatic rings. The highest BCUT2D eigenvalue weighted by atomic mass is 16.7. The van der Waals surface area contributed by atoms with E-state index in [1.54, 1.807) is 12.1 Å². The third-order valence-electron chi connectivity index (χ3n) is 12.3. The van der Waals surface area contributed by atoms with Crippen molar-refractivity contribution in [3.05, 3.63) is 48.1 Å². The Balaban J connectivity index is 1.90. The van der Waals surface area contributed by atoms with Crippen LogP contribution in [-0.2, 0) is 14.4 Å². The molecule has 0 unspecified atom stereocenters. The second kappa shape index (κ2) is 24.9. The zero-order chi connectivity index (χ0) is 43.5. The predicted molar refractivity (Wildman–Crippen MR) is 239 cm³/mol. The monoisotopic (exact) mass is 838 g/mol. The number of amides is 2. The summed E-state index contributed by atoms with van der Waals surface area (Å²) in [6.45, 7) is 17.6. The fraction of sp³-hybridized carbons (Fsp3) is 0.735. The van der Waals surface area contributed by atoms with Crippen LogP contribution in [0.25, 0.3) is 0 Å². The number of nitrogens with one attached hydrogen (secondary N) is 1. The van der Waals surface area contributed by atoms with Gasteiger partial charge in [0.1, 0.15) is 23.1 Å². The molecular weight excluding hydrogens is 759 g/mol. The molecule has 338 valence electrons. The van der Waals surface area contributed by atoms with Gasteiger partial charge < -0.3 is 39.5 Å². The maximum absolute atomic E-state index is 14.7. The molecule has 1 aliphatic heterocycles. The Labute approximate surface area is 361 Å².